The van der Waals surface area contributed by atoms with Crippen LogP contribution in [0.2, 0.25) is 0 Å². The highest BCUT2D eigenvalue weighted by Crippen LogP contribution is 2.36. The van der Waals surface area contributed by atoms with Gasteiger partial charge in [-0.2, -0.15) is 18.3 Å². The van der Waals surface area contributed by atoms with Crippen molar-refractivity contribution in [3.05, 3.63) is 11.9 Å². The molecule has 0 radical (unpaired) electrons. The number of likely N-dealkylation sites (tertiary alicyclic amines) is 1. The van der Waals surface area contributed by atoms with Gasteiger partial charge in [-0.1, -0.05) is 6.42 Å². The summed E-state index contributed by atoms with van der Waals surface area (Å²) in [6.07, 6.45) is -1.11. The first-order chi connectivity index (χ1) is 9.80. The summed E-state index contributed by atoms with van der Waals surface area (Å²) in [5.41, 5.74) is -0.933. The Morgan fingerprint density at radius 2 is 2.10 bits per heavy atom. The van der Waals surface area contributed by atoms with Gasteiger partial charge in [0, 0.05) is 20.6 Å². The summed E-state index contributed by atoms with van der Waals surface area (Å²) < 4.78 is 44.7. The second-order valence-electron chi connectivity index (χ2n) is 5.24. The summed E-state index contributed by atoms with van der Waals surface area (Å²) in [7, 11) is 2.91. The van der Waals surface area contributed by atoms with Gasteiger partial charge in [0.05, 0.1) is 12.1 Å². The minimum atomic E-state index is -4.54. The third kappa shape index (κ3) is 3.48. The van der Waals surface area contributed by atoms with E-state index in [1.165, 1.54) is 7.05 Å². The van der Waals surface area contributed by atoms with Gasteiger partial charge >= 0.3 is 6.18 Å². The number of carbonyl (C=O) groups is 1. The van der Waals surface area contributed by atoms with Crippen LogP contribution < -0.4 is 4.74 Å². The van der Waals surface area contributed by atoms with Crippen LogP contribution in [0.3, 0.4) is 0 Å². The number of hydrogen-bond acceptors (Lipinski definition) is 3. The molecule has 0 saturated carbocycles. The minimum absolute atomic E-state index is 0.0576. The average molecular weight is 305 g/mol. The Bertz CT molecular complexity index is 513. The molecule has 1 amide bonds. The van der Waals surface area contributed by atoms with Crippen LogP contribution in [-0.2, 0) is 18.0 Å². The van der Waals surface area contributed by atoms with Crippen molar-refractivity contribution in [3.63, 3.8) is 0 Å². The van der Waals surface area contributed by atoms with Crippen LogP contribution in [0, 0.1) is 5.92 Å². The number of aromatic nitrogens is 2. The van der Waals surface area contributed by atoms with Gasteiger partial charge in [-0.15, -0.1) is 0 Å². The summed E-state index contributed by atoms with van der Waals surface area (Å²) >= 11 is 0. The predicted octanol–water partition coefficient (Wildman–Crippen LogP) is 2.08. The van der Waals surface area contributed by atoms with Gasteiger partial charge in [0.2, 0.25) is 5.91 Å². The van der Waals surface area contributed by atoms with Gasteiger partial charge in [-0.25, -0.2) is 0 Å². The molecule has 0 spiro atoms. The first kappa shape index (κ1) is 15.7. The fourth-order valence-corrected chi connectivity index (χ4v) is 2.48. The summed E-state index contributed by atoms with van der Waals surface area (Å²) in [4.78, 5) is 13.7. The van der Waals surface area contributed by atoms with E-state index in [9.17, 15) is 18.0 Å². The highest BCUT2D eigenvalue weighted by atomic mass is 19.4. The first-order valence-corrected chi connectivity index (χ1v) is 6.77. The summed E-state index contributed by atoms with van der Waals surface area (Å²) in [5, 5.41) is 3.58. The third-order valence-corrected chi connectivity index (χ3v) is 3.64. The summed E-state index contributed by atoms with van der Waals surface area (Å²) in [6.45, 7) is 0.619. The molecule has 21 heavy (non-hydrogen) atoms. The van der Waals surface area contributed by atoms with E-state index in [0.29, 0.717) is 13.0 Å². The third-order valence-electron chi connectivity index (χ3n) is 3.64. The Kier molecular flexibility index (Phi) is 4.43. The molecule has 1 saturated heterocycles. The van der Waals surface area contributed by atoms with Crippen LogP contribution in [-0.4, -0.2) is 40.8 Å². The Hall–Kier alpha value is -1.73. The highest BCUT2D eigenvalue weighted by molar-refractivity contribution is 5.79. The van der Waals surface area contributed by atoms with Gasteiger partial charge in [-0.05, 0) is 12.8 Å². The van der Waals surface area contributed by atoms with Crippen molar-refractivity contribution in [2.75, 3.05) is 20.2 Å². The molecule has 1 atom stereocenters. The quantitative estimate of drug-likeness (QED) is 0.859. The molecule has 0 aromatic carbocycles. The number of amides is 1. The molecule has 1 aliphatic heterocycles. The summed E-state index contributed by atoms with van der Waals surface area (Å²) in [5.74, 6) is -0.812. The second kappa shape index (κ2) is 5.95. The number of aryl methyl sites for hydroxylation is 1. The van der Waals surface area contributed by atoms with Crippen LogP contribution >= 0.6 is 0 Å². The van der Waals surface area contributed by atoms with Gasteiger partial charge in [0.25, 0.3) is 0 Å². The van der Waals surface area contributed by atoms with Crippen molar-refractivity contribution in [2.45, 2.75) is 25.4 Å². The van der Waals surface area contributed by atoms with E-state index in [4.69, 9.17) is 4.74 Å². The number of nitrogens with zero attached hydrogens (tertiary/aromatic N) is 3. The standard InChI is InChI=1S/C13H18F3N3O2/c1-18-6-4-3-5-9(12(18)20)8-21-10-7-17-19(2)11(10)13(14,15)16/h7,9H,3-6,8H2,1-2H3. The average Bonchev–Trinajstić information content (AvgIpc) is 2.70. The molecule has 1 aliphatic rings. The number of ether oxygens (including phenoxy) is 1. The van der Waals surface area contributed by atoms with Crippen molar-refractivity contribution < 1.29 is 22.7 Å². The number of rotatable bonds is 3. The number of carbonyl (C=O) groups excluding carboxylic acids is 1. The lowest BCUT2D eigenvalue weighted by molar-refractivity contribution is -0.145. The highest BCUT2D eigenvalue weighted by Gasteiger charge is 2.39. The van der Waals surface area contributed by atoms with Crippen LogP contribution in [0.1, 0.15) is 25.0 Å². The zero-order valence-corrected chi connectivity index (χ0v) is 12.0. The van der Waals surface area contributed by atoms with Crippen molar-refractivity contribution in [1.82, 2.24) is 14.7 Å². The van der Waals surface area contributed by atoms with E-state index in [-0.39, 0.29) is 18.3 Å². The molecule has 0 aliphatic carbocycles. The maximum absolute atomic E-state index is 12.9. The van der Waals surface area contributed by atoms with E-state index >= 15 is 0 Å². The van der Waals surface area contributed by atoms with Gasteiger partial charge < -0.3 is 9.64 Å². The van der Waals surface area contributed by atoms with Gasteiger partial charge in [0.15, 0.2) is 11.4 Å². The Balaban J connectivity index is 2.08. The summed E-state index contributed by atoms with van der Waals surface area (Å²) in [6, 6.07) is 0. The van der Waals surface area contributed by atoms with E-state index in [2.05, 4.69) is 5.10 Å². The number of hydrogen-bond donors (Lipinski definition) is 0. The second-order valence-corrected chi connectivity index (χ2v) is 5.24. The lowest BCUT2D eigenvalue weighted by Gasteiger charge is -2.20. The maximum Gasteiger partial charge on any atom is 0.436 e. The van der Waals surface area contributed by atoms with Crippen molar-refractivity contribution in [3.8, 4) is 5.75 Å². The van der Waals surface area contributed by atoms with Crippen LogP contribution in [0.4, 0.5) is 13.2 Å². The minimum Gasteiger partial charge on any atom is -0.489 e. The zero-order valence-electron chi connectivity index (χ0n) is 12.0. The largest absolute Gasteiger partial charge is 0.489 e. The lowest BCUT2D eigenvalue weighted by Crippen LogP contribution is -2.34. The smallest absolute Gasteiger partial charge is 0.436 e. The molecule has 1 aromatic heterocycles. The van der Waals surface area contributed by atoms with Crippen molar-refractivity contribution in [1.29, 1.82) is 0 Å². The molecule has 118 valence electrons. The van der Waals surface area contributed by atoms with Crippen LogP contribution in [0.25, 0.3) is 0 Å². The van der Waals surface area contributed by atoms with Crippen LogP contribution in [0.15, 0.2) is 6.20 Å². The van der Waals surface area contributed by atoms with Crippen molar-refractivity contribution >= 4 is 5.91 Å². The fraction of sp³-hybridized carbons (Fsp3) is 0.692. The molecule has 2 rings (SSSR count). The SMILES string of the molecule is CN1CCCCC(COc2cnn(C)c2C(F)(F)F)C1=O. The first-order valence-electron chi connectivity index (χ1n) is 6.77. The molecule has 0 bridgehead atoms. The van der Waals surface area contributed by atoms with E-state index < -0.39 is 17.8 Å². The van der Waals surface area contributed by atoms with Crippen molar-refractivity contribution in [2.24, 2.45) is 13.0 Å². The molecule has 1 fully saturated rings. The molecule has 0 N–H and O–H groups in total. The predicted molar refractivity (Wildman–Crippen MR) is 68.7 cm³/mol. The Morgan fingerprint density at radius 3 is 2.76 bits per heavy atom. The van der Waals surface area contributed by atoms with Gasteiger partial charge in [0.1, 0.15) is 6.61 Å². The molecule has 8 heteroatoms. The van der Waals surface area contributed by atoms with Crippen LogP contribution in [0.5, 0.6) is 5.75 Å². The molecular formula is C13H18F3N3O2. The molecular weight excluding hydrogens is 287 g/mol. The topological polar surface area (TPSA) is 47.4 Å². The van der Waals surface area contributed by atoms with E-state index in [1.807, 2.05) is 0 Å². The normalized spacial score (nSPS) is 20.5. The molecule has 1 unspecified atom stereocenters. The number of halogens is 3. The molecule has 1 aromatic rings. The zero-order chi connectivity index (χ0) is 15.6. The van der Waals surface area contributed by atoms with Gasteiger partial charge in [-0.3, -0.25) is 9.48 Å². The monoisotopic (exact) mass is 305 g/mol. The van der Waals surface area contributed by atoms with E-state index in [1.54, 1.807) is 11.9 Å². The molecule has 2 heterocycles. The fourth-order valence-electron chi connectivity index (χ4n) is 2.48. The lowest BCUT2D eigenvalue weighted by atomic mass is 10.0. The maximum atomic E-state index is 12.9. The Labute approximate surface area is 120 Å². The number of alkyl halides is 3. The molecule has 5 nitrogen and oxygen atoms in total. The van der Waals surface area contributed by atoms with E-state index in [0.717, 1.165) is 23.7 Å². The Morgan fingerprint density at radius 1 is 1.38 bits per heavy atom.